The van der Waals surface area contributed by atoms with Crippen molar-refractivity contribution in [1.29, 1.82) is 0 Å². The monoisotopic (exact) mass is 593 g/mol. The van der Waals surface area contributed by atoms with Crippen LogP contribution in [0.2, 0.25) is 0 Å². The number of carbonyl (C=O) groups excluding carboxylic acids is 2. The molecule has 0 radical (unpaired) electrons. The molecule has 6 rings (SSSR count). The minimum atomic E-state index is -3.77. The summed E-state index contributed by atoms with van der Waals surface area (Å²) >= 11 is 0. The number of rotatable bonds is 12. The Morgan fingerprint density at radius 1 is 0.929 bits per heavy atom. The van der Waals surface area contributed by atoms with Crippen LogP contribution >= 0.6 is 0 Å². The predicted octanol–water partition coefficient (Wildman–Crippen LogP) is 5.50. The van der Waals surface area contributed by atoms with Gasteiger partial charge in [0, 0.05) is 13.1 Å². The van der Waals surface area contributed by atoms with Crippen LogP contribution in [0.1, 0.15) is 76.8 Å². The first kappa shape index (κ1) is 30.6. The second-order valence-electron chi connectivity index (χ2n) is 13.6. The van der Waals surface area contributed by atoms with Crippen molar-refractivity contribution in [1.82, 2.24) is 10.2 Å². The number of hydrogen-bond donors (Lipinski definition) is 1. The van der Waals surface area contributed by atoms with Crippen molar-refractivity contribution >= 4 is 27.5 Å². The molecule has 228 valence electrons. The Balaban J connectivity index is 1.39. The number of nitrogens with one attached hydrogen (secondary N) is 1. The lowest BCUT2D eigenvalue weighted by atomic mass is 9.48. The molecule has 0 aromatic heterocycles. The van der Waals surface area contributed by atoms with E-state index in [1.54, 1.807) is 0 Å². The van der Waals surface area contributed by atoms with Crippen LogP contribution < -0.4 is 9.62 Å². The topological polar surface area (TPSA) is 86.8 Å². The fraction of sp³-hybridized carbons (Fsp3) is 0.588. The van der Waals surface area contributed by atoms with Crippen molar-refractivity contribution in [2.75, 3.05) is 23.7 Å². The second kappa shape index (κ2) is 12.4. The van der Waals surface area contributed by atoms with Gasteiger partial charge in [-0.2, -0.15) is 0 Å². The van der Waals surface area contributed by atoms with Crippen molar-refractivity contribution in [3.8, 4) is 0 Å². The molecule has 0 spiro atoms. The van der Waals surface area contributed by atoms with E-state index in [2.05, 4.69) is 17.4 Å². The van der Waals surface area contributed by atoms with Gasteiger partial charge in [-0.05, 0) is 97.3 Å². The number of carbonyl (C=O) groups is 2. The van der Waals surface area contributed by atoms with Crippen molar-refractivity contribution in [3.63, 3.8) is 0 Å². The summed E-state index contributed by atoms with van der Waals surface area (Å²) in [6, 6.07) is 16.7. The molecule has 4 saturated carbocycles. The highest BCUT2D eigenvalue weighted by atomic mass is 32.2. The average Bonchev–Trinajstić information content (AvgIpc) is 2.94. The summed E-state index contributed by atoms with van der Waals surface area (Å²) in [4.78, 5) is 28.7. The predicted molar refractivity (Wildman–Crippen MR) is 167 cm³/mol. The molecule has 0 unspecified atom stereocenters. The van der Waals surface area contributed by atoms with E-state index in [0.29, 0.717) is 18.7 Å². The maximum atomic E-state index is 14.0. The molecule has 4 aliphatic rings. The van der Waals surface area contributed by atoms with Gasteiger partial charge in [-0.25, -0.2) is 8.42 Å². The Morgan fingerprint density at radius 3 is 2.00 bits per heavy atom. The summed E-state index contributed by atoms with van der Waals surface area (Å²) in [5, 5.41) is 2.97. The van der Waals surface area contributed by atoms with Gasteiger partial charge in [0.05, 0.1) is 11.9 Å². The molecule has 2 aromatic carbocycles. The van der Waals surface area contributed by atoms with Crippen LogP contribution in [0.3, 0.4) is 0 Å². The van der Waals surface area contributed by atoms with Crippen LogP contribution in [0.25, 0.3) is 0 Å². The van der Waals surface area contributed by atoms with E-state index in [-0.39, 0.29) is 30.3 Å². The molecular weight excluding hydrogens is 546 g/mol. The number of hydrogen-bond acceptors (Lipinski definition) is 4. The van der Waals surface area contributed by atoms with Crippen LogP contribution in [-0.2, 0) is 31.6 Å². The third kappa shape index (κ3) is 6.69. The highest BCUT2D eigenvalue weighted by Gasteiger charge is 2.51. The van der Waals surface area contributed by atoms with Gasteiger partial charge in [0.1, 0.15) is 12.6 Å². The van der Waals surface area contributed by atoms with E-state index in [1.165, 1.54) is 53.3 Å². The van der Waals surface area contributed by atoms with Crippen LogP contribution in [-0.4, -0.2) is 50.5 Å². The van der Waals surface area contributed by atoms with E-state index in [0.717, 1.165) is 29.6 Å². The van der Waals surface area contributed by atoms with Gasteiger partial charge < -0.3 is 10.2 Å². The smallest absolute Gasteiger partial charge is 0.244 e. The largest absolute Gasteiger partial charge is 0.354 e. The van der Waals surface area contributed by atoms with Gasteiger partial charge in [0.25, 0.3) is 0 Å². The SMILES string of the molecule is CC[C@@H](C(=O)NCC(C)C)N(Cc1ccccc1)C(=O)CN(c1ccc(C23CC4CC(CC(C4)C2)C3)cc1)S(C)(=O)=O. The Labute approximate surface area is 252 Å². The maximum absolute atomic E-state index is 14.0. The molecule has 2 amide bonds. The molecule has 4 aliphatic carbocycles. The molecule has 0 heterocycles. The van der Waals surface area contributed by atoms with Gasteiger partial charge in [0.2, 0.25) is 21.8 Å². The molecule has 0 saturated heterocycles. The van der Waals surface area contributed by atoms with Crippen molar-refractivity contribution in [3.05, 3.63) is 65.7 Å². The normalized spacial score (nSPS) is 25.3. The molecular formula is C34H47N3O4S. The zero-order chi connectivity index (χ0) is 30.1. The summed E-state index contributed by atoms with van der Waals surface area (Å²) < 4.78 is 27.4. The number of amides is 2. The van der Waals surface area contributed by atoms with E-state index in [4.69, 9.17) is 0 Å². The highest BCUT2D eigenvalue weighted by Crippen LogP contribution is 2.60. The van der Waals surface area contributed by atoms with Gasteiger partial charge in [-0.15, -0.1) is 0 Å². The van der Waals surface area contributed by atoms with Gasteiger partial charge in [-0.3, -0.25) is 13.9 Å². The summed E-state index contributed by atoms with van der Waals surface area (Å²) in [7, 11) is -3.77. The van der Waals surface area contributed by atoms with E-state index in [9.17, 15) is 18.0 Å². The minimum absolute atomic E-state index is 0.212. The number of benzene rings is 2. The standard InChI is InChI=1S/C34H47N3O4S/c1-5-31(33(39)35-21-24(2)3)36(22-25-9-7-6-8-10-25)32(38)23-37(42(4,40)41)30-13-11-29(12-14-30)34-18-26-15-27(19-34)17-28(16-26)20-34/h6-14,24,26-28,31H,5,15-23H2,1-4H3,(H,35,39)/t26?,27?,28?,31-,34?/m0/s1. The fourth-order valence-corrected chi connectivity index (χ4v) is 9.03. The molecule has 1 N–H and O–H groups in total. The average molecular weight is 594 g/mol. The molecule has 4 bridgehead atoms. The lowest BCUT2D eigenvalue weighted by Crippen LogP contribution is -2.52. The summed E-state index contributed by atoms with van der Waals surface area (Å²) in [6.45, 7) is 6.28. The number of anilines is 1. The van der Waals surface area contributed by atoms with Crippen molar-refractivity contribution < 1.29 is 18.0 Å². The Hall–Kier alpha value is -2.87. The lowest BCUT2D eigenvalue weighted by Gasteiger charge is -2.57. The summed E-state index contributed by atoms with van der Waals surface area (Å²) in [5.41, 5.74) is 2.88. The number of nitrogens with zero attached hydrogens (tertiary/aromatic N) is 2. The first-order valence-electron chi connectivity index (χ1n) is 15.7. The van der Waals surface area contributed by atoms with Gasteiger partial charge >= 0.3 is 0 Å². The van der Waals surface area contributed by atoms with Gasteiger partial charge in [-0.1, -0.05) is 63.2 Å². The zero-order valence-electron chi connectivity index (χ0n) is 25.6. The summed E-state index contributed by atoms with van der Waals surface area (Å²) in [6.07, 6.45) is 9.37. The molecule has 8 heteroatoms. The molecule has 4 fully saturated rings. The molecule has 42 heavy (non-hydrogen) atoms. The molecule has 0 aliphatic heterocycles. The quantitative estimate of drug-likeness (QED) is 0.352. The molecule has 2 aromatic rings. The molecule has 1 atom stereocenters. The zero-order valence-corrected chi connectivity index (χ0v) is 26.4. The number of sulfonamides is 1. The molecule has 7 nitrogen and oxygen atoms in total. The Morgan fingerprint density at radius 2 is 1.50 bits per heavy atom. The third-order valence-electron chi connectivity index (χ3n) is 9.75. The second-order valence-corrected chi connectivity index (χ2v) is 15.5. The van der Waals surface area contributed by atoms with Crippen LogP contribution in [0.4, 0.5) is 5.69 Å². The third-order valence-corrected chi connectivity index (χ3v) is 10.9. The van der Waals surface area contributed by atoms with Crippen LogP contribution in [0, 0.1) is 23.7 Å². The van der Waals surface area contributed by atoms with Crippen molar-refractivity contribution in [2.45, 2.75) is 83.7 Å². The summed E-state index contributed by atoms with van der Waals surface area (Å²) in [5.74, 6) is 2.11. The van der Waals surface area contributed by atoms with Gasteiger partial charge in [0.15, 0.2) is 0 Å². The Bertz CT molecular complexity index is 1320. The maximum Gasteiger partial charge on any atom is 0.244 e. The van der Waals surface area contributed by atoms with Crippen LogP contribution in [0.15, 0.2) is 54.6 Å². The first-order chi connectivity index (χ1) is 20.0. The highest BCUT2D eigenvalue weighted by molar-refractivity contribution is 7.92. The lowest BCUT2D eigenvalue weighted by molar-refractivity contribution is -0.140. The Kier molecular flexibility index (Phi) is 9.02. The first-order valence-corrected chi connectivity index (χ1v) is 17.5. The minimum Gasteiger partial charge on any atom is -0.354 e. The fourth-order valence-electron chi connectivity index (χ4n) is 8.18. The van der Waals surface area contributed by atoms with E-state index >= 15 is 0 Å². The van der Waals surface area contributed by atoms with Crippen molar-refractivity contribution in [2.24, 2.45) is 23.7 Å². The van der Waals surface area contributed by atoms with E-state index < -0.39 is 22.0 Å². The van der Waals surface area contributed by atoms with Crippen LogP contribution in [0.5, 0.6) is 0 Å². The van der Waals surface area contributed by atoms with E-state index in [1.807, 2.05) is 63.2 Å².